The Morgan fingerprint density at radius 1 is 0.867 bits per heavy atom. The molecule has 0 atom stereocenters. The Labute approximate surface area is 177 Å². The van der Waals surface area contributed by atoms with Crippen molar-refractivity contribution >= 4 is 21.6 Å². The molecule has 0 spiro atoms. The zero-order valence-corrected chi connectivity index (χ0v) is 18.0. The van der Waals surface area contributed by atoms with Crippen LogP contribution in [0.4, 0.5) is 5.69 Å². The molecule has 3 rings (SSSR count). The summed E-state index contributed by atoms with van der Waals surface area (Å²) >= 11 is 0. The summed E-state index contributed by atoms with van der Waals surface area (Å²) in [6.45, 7) is 0.326. The lowest BCUT2D eigenvalue weighted by atomic mass is 10.1. The number of sulfonamides is 1. The molecule has 0 N–H and O–H groups in total. The first-order valence-corrected chi connectivity index (χ1v) is 10.8. The first-order valence-electron chi connectivity index (χ1n) is 9.36. The van der Waals surface area contributed by atoms with Crippen molar-refractivity contribution in [3.8, 4) is 5.75 Å². The van der Waals surface area contributed by atoms with Crippen molar-refractivity contribution in [3.05, 3.63) is 90.0 Å². The van der Waals surface area contributed by atoms with E-state index in [0.29, 0.717) is 23.5 Å². The lowest BCUT2D eigenvalue weighted by Gasteiger charge is -2.25. The lowest BCUT2D eigenvalue weighted by molar-refractivity contribution is 0.0785. The molecule has 7 heteroatoms. The van der Waals surface area contributed by atoms with E-state index in [1.807, 2.05) is 24.3 Å². The van der Waals surface area contributed by atoms with Gasteiger partial charge in [-0.2, -0.15) is 0 Å². The fourth-order valence-electron chi connectivity index (χ4n) is 3.18. The number of benzene rings is 3. The quantitative estimate of drug-likeness (QED) is 0.579. The van der Waals surface area contributed by atoms with E-state index in [2.05, 4.69) is 0 Å². The number of methoxy groups -OCH3 is 1. The molecule has 30 heavy (non-hydrogen) atoms. The molecule has 0 unspecified atom stereocenters. The van der Waals surface area contributed by atoms with Crippen LogP contribution in [0.1, 0.15) is 15.9 Å². The summed E-state index contributed by atoms with van der Waals surface area (Å²) in [4.78, 5) is 14.9. The van der Waals surface area contributed by atoms with Gasteiger partial charge in [-0.15, -0.1) is 0 Å². The van der Waals surface area contributed by atoms with Gasteiger partial charge in [-0.3, -0.25) is 9.10 Å². The number of nitrogens with zero attached hydrogens (tertiary/aromatic N) is 2. The topological polar surface area (TPSA) is 66.9 Å². The second-order valence-corrected chi connectivity index (χ2v) is 8.75. The molecule has 0 bridgehead atoms. The molecule has 0 heterocycles. The summed E-state index contributed by atoms with van der Waals surface area (Å²) < 4.78 is 32.6. The highest BCUT2D eigenvalue weighted by molar-refractivity contribution is 7.92. The molecular formula is C23H24N2O4S. The van der Waals surface area contributed by atoms with Crippen LogP contribution < -0.4 is 9.04 Å². The standard InChI is InChI=1S/C23H24N2O4S/c1-24(17-18-11-7-10-16-22(18)29-3)23(26)20-14-8-9-15-21(20)25(2)30(27,28)19-12-5-4-6-13-19/h4-16H,17H2,1-3H3. The van der Waals surface area contributed by atoms with Crippen LogP contribution in [0.3, 0.4) is 0 Å². The number of amides is 1. The van der Waals surface area contributed by atoms with Gasteiger partial charge in [0, 0.05) is 26.2 Å². The van der Waals surface area contributed by atoms with Gasteiger partial charge < -0.3 is 9.64 Å². The number of para-hydroxylation sites is 2. The van der Waals surface area contributed by atoms with Crippen molar-refractivity contribution in [3.63, 3.8) is 0 Å². The highest BCUT2D eigenvalue weighted by atomic mass is 32.2. The minimum atomic E-state index is -3.80. The van der Waals surface area contributed by atoms with Gasteiger partial charge in [-0.1, -0.05) is 48.5 Å². The SMILES string of the molecule is COc1ccccc1CN(C)C(=O)c1ccccc1N(C)S(=O)(=O)c1ccccc1. The average Bonchev–Trinajstić information content (AvgIpc) is 2.79. The molecule has 0 aliphatic heterocycles. The maximum Gasteiger partial charge on any atom is 0.264 e. The molecule has 0 aliphatic carbocycles. The summed E-state index contributed by atoms with van der Waals surface area (Å²) in [5, 5.41) is 0. The van der Waals surface area contributed by atoms with Gasteiger partial charge in [0.2, 0.25) is 0 Å². The van der Waals surface area contributed by atoms with Gasteiger partial charge in [0.15, 0.2) is 0 Å². The Hall–Kier alpha value is -3.32. The van der Waals surface area contributed by atoms with E-state index in [4.69, 9.17) is 4.74 Å². The van der Waals surface area contributed by atoms with Crippen LogP contribution in [0.5, 0.6) is 5.75 Å². The van der Waals surface area contributed by atoms with Crippen molar-refractivity contribution in [2.45, 2.75) is 11.4 Å². The Balaban J connectivity index is 1.92. The Morgan fingerprint density at radius 3 is 2.17 bits per heavy atom. The van der Waals surface area contributed by atoms with Crippen LogP contribution in [0, 0.1) is 0 Å². The van der Waals surface area contributed by atoms with Crippen LogP contribution >= 0.6 is 0 Å². The second-order valence-electron chi connectivity index (χ2n) is 6.78. The monoisotopic (exact) mass is 424 g/mol. The molecule has 0 fully saturated rings. The van der Waals surface area contributed by atoms with E-state index in [1.165, 1.54) is 19.2 Å². The van der Waals surface area contributed by atoms with E-state index in [0.717, 1.165) is 9.87 Å². The summed E-state index contributed by atoms with van der Waals surface area (Å²) in [7, 11) is 0.913. The third-order valence-corrected chi connectivity index (χ3v) is 6.61. The van der Waals surface area contributed by atoms with E-state index in [1.54, 1.807) is 61.5 Å². The molecule has 0 saturated carbocycles. The molecule has 0 aromatic heterocycles. The normalized spacial score (nSPS) is 11.0. The van der Waals surface area contributed by atoms with Gasteiger partial charge in [0.25, 0.3) is 15.9 Å². The molecule has 156 valence electrons. The Morgan fingerprint density at radius 2 is 1.47 bits per heavy atom. The van der Waals surface area contributed by atoms with Crippen LogP contribution in [0.2, 0.25) is 0 Å². The van der Waals surface area contributed by atoms with E-state index < -0.39 is 10.0 Å². The Bertz CT molecular complexity index is 1130. The van der Waals surface area contributed by atoms with Crippen LogP contribution in [0.15, 0.2) is 83.8 Å². The maximum absolute atomic E-state index is 13.2. The van der Waals surface area contributed by atoms with Gasteiger partial charge in [-0.25, -0.2) is 8.42 Å². The van der Waals surface area contributed by atoms with Crippen molar-refractivity contribution in [1.29, 1.82) is 0 Å². The minimum absolute atomic E-state index is 0.164. The molecule has 0 radical (unpaired) electrons. The number of rotatable bonds is 7. The van der Waals surface area contributed by atoms with E-state index in [9.17, 15) is 13.2 Å². The molecule has 1 amide bonds. The number of hydrogen-bond donors (Lipinski definition) is 0. The van der Waals surface area contributed by atoms with Crippen molar-refractivity contribution < 1.29 is 17.9 Å². The number of ether oxygens (including phenoxy) is 1. The smallest absolute Gasteiger partial charge is 0.264 e. The van der Waals surface area contributed by atoms with E-state index >= 15 is 0 Å². The fraction of sp³-hybridized carbons (Fsp3) is 0.174. The molecule has 0 saturated heterocycles. The van der Waals surface area contributed by atoms with Crippen molar-refractivity contribution in [1.82, 2.24) is 4.90 Å². The van der Waals surface area contributed by atoms with Crippen LogP contribution in [-0.2, 0) is 16.6 Å². The number of hydrogen-bond acceptors (Lipinski definition) is 4. The second kappa shape index (κ2) is 9.00. The summed E-state index contributed by atoms with van der Waals surface area (Å²) in [6, 6.07) is 22.3. The molecule has 6 nitrogen and oxygen atoms in total. The highest BCUT2D eigenvalue weighted by Crippen LogP contribution is 2.27. The zero-order valence-electron chi connectivity index (χ0n) is 17.1. The van der Waals surface area contributed by atoms with E-state index in [-0.39, 0.29) is 10.8 Å². The number of carbonyl (C=O) groups excluding carboxylic acids is 1. The minimum Gasteiger partial charge on any atom is -0.496 e. The van der Waals surface area contributed by atoms with Crippen molar-refractivity contribution in [2.24, 2.45) is 0 Å². The summed E-state index contributed by atoms with van der Waals surface area (Å²) in [6.07, 6.45) is 0. The van der Waals surface area contributed by atoms with Crippen LogP contribution in [0.25, 0.3) is 0 Å². The number of anilines is 1. The molecule has 3 aromatic carbocycles. The maximum atomic E-state index is 13.2. The molecule has 0 aliphatic rings. The predicted molar refractivity (Wildman–Crippen MR) is 117 cm³/mol. The first-order chi connectivity index (χ1) is 14.4. The number of carbonyl (C=O) groups is 1. The summed E-state index contributed by atoms with van der Waals surface area (Å²) in [5.41, 5.74) is 1.48. The van der Waals surface area contributed by atoms with Crippen molar-refractivity contribution in [2.75, 3.05) is 25.5 Å². The van der Waals surface area contributed by atoms with Gasteiger partial charge in [0.1, 0.15) is 5.75 Å². The first kappa shape index (κ1) is 21.4. The fourth-order valence-corrected chi connectivity index (χ4v) is 4.41. The van der Waals surface area contributed by atoms with Crippen LogP contribution in [-0.4, -0.2) is 40.4 Å². The lowest BCUT2D eigenvalue weighted by Crippen LogP contribution is -2.31. The molecule has 3 aromatic rings. The van der Waals surface area contributed by atoms with Gasteiger partial charge in [-0.05, 0) is 30.3 Å². The Kier molecular flexibility index (Phi) is 6.42. The largest absolute Gasteiger partial charge is 0.496 e. The summed E-state index contributed by atoms with van der Waals surface area (Å²) in [5.74, 6) is 0.404. The predicted octanol–water partition coefficient (Wildman–Crippen LogP) is 3.79. The molecular weight excluding hydrogens is 400 g/mol. The highest BCUT2D eigenvalue weighted by Gasteiger charge is 2.26. The third-order valence-electron chi connectivity index (χ3n) is 4.82. The third kappa shape index (κ3) is 4.31. The zero-order chi connectivity index (χ0) is 21.7. The average molecular weight is 425 g/mol. The van der Waals surface area contributed by atoms with Gasteiger partial charge in [0.05, 0.1) is 23.3 Å². The van der Waals surface area contributed by atoms with Gasteiger partial charge >= 0.3 is 0 Å².